The number of para-hydroxylation sites is 1. The Labute approximate surface area is 123 Å². The number of ether oxygens (including phenoxy) is 1. The van der Waals surface area contributed by atoms with Gasteiger partial charge in [-0.15, -0.1) is 11.3 Å². The van der Waals surface area contributed by atoms with Crippen molar-refractivity contribution < 1.29 is 9.84 Å². The van der Waals surface area contributed by atoms with Gasteiger partial charge in [-0.25, -0.2) is 4.98 Å². The molecule has 106 valence electrons. The summed E-state index contributed by atoms with van der Waals surface area (Å²) >= 11 is 1.60. The summed E-state index contributed by atoms with van der Waals surface area (Å²) in [6.07, 6.45) is 1.27. The number of aromatic nitrogens is 1. The van der Waals surface area contributed by atoms with Crippen molar-refractivity contribution in [3.8, 4) is 5.75 Å². The molecule has 2 atom stereocenters. The van der Waals surface area contributed by atoms with Crippen LogP contribution in [0.5, 0.6) is 5.75 Å². The Hall–Kier alpha value is -1.39. The highest BCUT2D eigenvalue weighted by Crippen LogP contribution is 2.40. The Kier molecular flexibility index (Phi) is 3.76. The van der Waals surface area contributed by atoms with Crippen LogP contribution in [0.25, 0.3) is 0 Å². The van der Waals surface area contributed by atoms with E-state index in [-0.39, 0.29) is 0 Å². The molecule has 1 aromatic heterocycles. The van der Waals surface area contributed by atoms with Gasteiger partial charge in [0.05, 0.1) is 28.3 Å². The van der Waals surface area contributed by atoms with Gasteiger partial charge in [0.15, 0.2) is 0 Å². The summed E-state index contributed by atoms with van der Waals surface area (Å²) < 4.78 is 5.68. The molecule has 3 nitrogen and oxygen atoms in total. The predicted molar refractivity (Wildman–Crippen MR) is 80.5 cm³/mol. The molecule has 1 aromatic carbocycles. The molecule has 0 radical (unpaired) electrons. The van der Waals surface area contributed by atoms with Gasteiger partial charge >= 0.3 is 0 Å². The van der Waals surface area contributed by atoms with E-state index < -0.39 is 6.10 Å². The molecule has 0 saturated carbocycles. The highest BCUT2D eigenvalue weighted by Gasteiger charge is 2.25. The standard InChI is InChI=1S/C16H19NO2S/c1-10-16(20-11(2)17-10)14(18)9-12-7-8-19-15-6-4-3-5-13(12)15/h3-6,12,14,18H,7-9H2,1-2H3. The van der Waals surface area contributed by atoms with E-state index in [1.807, 2.05) is 32.0 Å². The first-order chi connectivity index (χ1) is 9.65. The van der Waals surface area contributed by atoms with Gasteiger partial charge in [0, 0.05) is 0 Å². The quantitative estimate of drug-likeness (QED) is 0.935. The topological polar surface area (TPSA) is 42.4 Å². The van der Waals surface area contributed by atoms with Crippen molar-refractivity contribution in [1.82, 2.24) is 4.98 Å². The lowest BCUT2D eigenvalue weighted by Gasteiger charge is -2.27. The van der Waals surface area contributed by atoms with Crippen molar-refractivity contribution in [2.75, 3.05) is 6.61 Å². The van der Waals surface area contributed by atoms with Gasteiger partial charge in [0.1, 0.15) is 5.75 Å². The third-order valence-corrected chi connectivity index (χ3v) is 5.01. The van der Waals surface area contributed by atoms with Gasteiger partial charge in [-0.3, -0.25) is 0 Å². The Bertz CT molecular complexity index is 608. The number of hydrogen-bond acceptors (Lipinski definition) is 4. The fourth-order valence-electron chi connectivity index (χ4n) is 2.89. The highest BCUT2D eigenvalue weighted by atomic mass is 32.1. The van der Waals surface area contributed by atoms with E-state index in [0.29, 0.717) is 5.92 Å². The molecule has 0 aliphatic carbocycles. The normalized spacial score (nSPS) is 19.2. The van der Waals surface area contributed by atoms with Gasteiger partial charge in [0.2, 0.25) is 0 Å². The second kappa shape index (κ2) is 5.54. The molecule has 20 heavy (non-hydrogen) atoms. The summed E-state index contributed by atoms with van der Waals surface area (Å²) in [5.74, 6) is 1.32. The maximum Gasteiger partial charge on any atom is 0.122 e. The van der Waals surface area contributed by atoms with E-state index in [9.17, 15) is 5.11 Å². The first-order valence-corrected chi connectivity index (χ1v) is 7.80. The zero-order valence-electron chi connectivity index (χ0n) is 11.8. The number of hydrogen-bond donors (Lipinski definition) is 1. The van der Waals surface area contributed by atoms with Crippen molar-refractivity contribution in [3.05, 3.63) is 45.4 Å². The summed E-state index contributed by atoms with van der Waals surface area (Å²) in [7, 11) is 0. The molecule has 0 fully saturated rings. The maximum absolute atomic E-state index is 10.5. The molecule has 0 spiro atoms. The molecule has 2 unspecified atom stereocenters. The first kappa shape index (κ1) is 13.6. The molecular weight excluding hydrogens is 270 g/mol. The van der Waals surface area contributed by atoms with Crippen LogP contribution in [0.4, 0.5) is 0 Å². The fourth-order valence-corrected chi connectivity index (χ4v) is 3.82. The van der Waals surface area contributed by atoms with E-state index in [1.165, 1.54) is 5.56 Å². The number of aliphatic hydroxyl groups excluding tert-OH is 1. The summed E-state index contributed by atoms with van der Waals surface area (Å²) in [4.78, 5) is 5.41. The zero-order chi connectivity index (χ0) is 14.1. The highest BCUT2D eigenvalue weighted by molar-refractivity contribution is 7.11. The Morgan fingerprint density at radius 3 is 2.95 bits per heavy atom. The second-order valence-electron chi connectivity index (χ2n) is 5.31. The van der Waals surface area contributed by atoms with E-state index in [4.69, 9.17) is 4.74 Å². The summed E-state index contributed by atoms with van der Waals surface area (Å²) in [5, 5.41) is 11.5. The van der Waals surface area contributed by atoms with Gasteiger partial charge < -0.3 is 9.84 Å². The molecule has 2 heterocycles. The first-order valence-electron chi connectivity index (χ1n) is 6.99. The van der Waals surface area contributed by atoms with Crippen molar-refractivity contribution in [3.63, 3.8) is 0 Å². The van der Waals surface area contributed by atoms with Gasteiger partial charge in [-0.2, -0.15) is 0 Å². The van der Waals surface area contributed by atoms with Crippen molar-refractivity contribution in [2.45, 2.75) is 38.7 Å². The molecule has 0 amide bonds. The summed E-state index contributed by atoms with van der Waals surface area (Å²) in [5.41, 5.74) is 2.18. The SMILES string of the molecule is Cc1nc(C)c(C(O)CC2CCOc3ccccc32)s1. The van der Waals surface area contributed by atoms with Crippen molar-refractivity contribution in [1.29, 1.82) is 0 Å². The van der Waals surface area contributed by atoms with Crippen LogP contribution in [0.15, 0.2) is 24.3 Å². The maximum atomic E-state index is 10.5. The van der Waals surface area contributed by atoms with Crippen LogP contribution in [-0.4, -0.2) is 16.7 Å². The van der Waals surface area contributed by atoms with Gasteiger partial charge in [-0.1, -0.05) is 18.2 Å². The van der Waals surface area contributed by atoms with Crippen LogP contribution in [-0.2, 0) is 0 Å². The molecule has 4 heteroatoms. The predicted octanol–water partition coefficient (Wildman–Crippen LogP) is 3.75. The number of rotatable bonds is 3. The lowest BCUT2D eigenvalue weighted by Crippen LogP contribution is -2.16. The molecule has 0 bridgehead atoms. The number of benzene rings is 1. The summed E-state index contributed by atoms with van der Waals surface area (Å²) in [6.45, 7) is 4.69. The molecular formula is C16H19NO2S. The van der Waals surface area contributed by atoms with E-state index in [2.05, 4.69) is 11.1 Å². The molecule has 1 aliphatic rings. The minimum atomic E-state index is -0.433. The van der Waals surface area contributed by atoms with Crippen LogP contribution in [0.3, 0.4) is 0 Å². The van der Waals surface area contributed by atoms with E-state index >= 15 is 0 Å². The average Bonchev–Trinajstić information content (AvgIpc) is 2.78. The zero-order valence-corrected chi connectivity index (χ0v) is 12.6. The fraction of sp³-hybridized carbons (Fsp3) is 0.438. The average molecular weight is 289 g/mol. The summed E-state index contributed by atoms with van der Waals surface area (Å²) in [6, 6.07) is 8.15. The molecule has 1 N–H and O–H groups in total. The minimum absolute atomic E-state index is 0.358. The number of aryl methyl sites for hydroxylation is 2. The van der Waals surface area contributed by atoms with Crippen LogP contribution in [0.2, 0.25) is 0 Å². The van der Waals surface area contributed by atoms with Crippen LogP contribution in [0.1, 0.15) is 46.0 Å². The smallest absolute Gasteiger partial charge is 0.122 e. The number of nitrogens with zero attached hydrogens (tertiary/aromatic N) is 1. The second-order valence-corrected chi connectivity index (χ2v) is 6.54. The lowest BCUT2D eigenvalue weighted by molar-refractivity contribution is 0.147. The minimum Gasteiger partial charge on any atom is -0.493 e. The van der Waals surface area contributed by atoms with Gasteiger partial charge in [-0.05, 0) is 44.2 Å². The van der Waals surface area contributed by atoms with Crippen LogP contribution < -0.4 is 4.74 Å². The van der Waals surface area contributed by atoms with E-state index in [0.717, 1.165) is 40.8 Å². The molecule has 1 aliphatic heterocycles. The molecule has 0 saturated heterocycles. The number of thiazole rings is 1. The lowest BCUT2D eigenvalue weighted by atomic mass is 9.88. The van der Waals surface area contributed by atoms with Crippen LogP contribution >= 0.6 is 11.3 Å². The van der Waals surface area contributed by atoms with Gasteiger partial charge in [0.25, 0.3) is 0 Å². The third kappa shape index (κ3) is 2.58. The van der Waals surface area contributed by atoms with Crippen molar-refractivity contribution in [2.24, 2.45) is 0 Å². The molecule has 3 rings (SSSR count). The monoisotopic (exact) mass is 289 g/mol. The van der Waals surface area contributed by atoms with Crippen LogP contribution in [0, 0.1) is 13.8 Å². The largest absolute Gasteiger partial charge is 0.493 e. The molecule has 2 aromatic rings. The third-order valence-electron chi connectivity index (χ3n) is 3.83. The number of aliphatic hydroxyl groups is 1. The van der Waals surface area contributed by atoms with Crippen molar-refractivity contribution >= 4 is 11.3 Å². The Balaban J connectivity index is 1.80. The van der Waals surface area contributed by atoms with E-state index in [1.54, 1.807) is 11.3 Å². The Morgan fingerprint density at radius 1 is 1.40 bits per heavy atom. The Morgan fingerprint density at radius 2 is 2.20 bits per heavy atom. The number of fused-ring (bicyclic) bond motifs is 1.